The zero-order chi connectivity index (χ0) is 12.3. The van der Waals surface area contributed by atoms with Gasteiger partial charge in [0, 0.05) is 17.3 Å². The molecule has 0 radical (unpaired) electrons. The molecule has 0 aliphatic rings. The van der Waals surface area contributed by atoms with Crippen molar-refractivity contribution in [1.29, 1.82) is 0 Å². The third kappa shape index (κ3) is 2.70. The van der Waals surface area contributed by atoms with Gasteiger partial charge in [-0.1, -0.05) is 17.7 Å². The maximum atomic E-state index is 10.7. The summed E-state index contributed by atoms with van der Waals surface area (Å²) in [5, 5.41) is 11.2. The van der Waals surface area contributed by atoms with E-state index in [1.165, 1.54) is 18.3 Å². The second kappa shape index (κ2) is 4.80. The van der Waals surface area contributed by atoms with Gasteiger partial charge in [0.05, 0.1) is 4.92 Å². The zero-order valence-corrected chi connectivity index (χ0v) is 9.29. The predicted octanol–water partition coefficient (Wildman–Crippen LogP) is 3.44. The van der Waals surface area contributed by atoms with E-state index in [4.69, 9.17) is 16.3 Å². The van der Waals surface area contributed by atoms with Crippen LogP contribution in [0.25, 0.3) is 0 Å². The fourth-order valence-corrected chi connectivity index (χ4v) is 1.42. The average Bonchev–Trinajstić information content (AvgIpc) is 2.29. The van der Waals surface area contributed by atoms with Crippen LogP contribution in [0.2, 0.25) is 5.02 Å². The highest BCUT2D eigenvalue weighted by Gasteiger charge is 2.16. The van der Waals surface area contributed by atoms with Crippen LogP contribution in [0.5, 0.6) is 11.6 Å². The Morgan fingerprint density at radius 2 is 2.12 bits per heavy atom. The summed E-state index contributed by atoms with van der Waals surface area (Å²) in [5.74, 6) is 0.346. The topological polar surface area (TPSA) is 65.3 Å². The van der Waals surface area contributed by atoms with Crippen molar-refractivity contribution in [3.8, 4) is 11.6 Å². The Morgan fingerprint density at radius 1 is 1.29 bits per heavy atom. The summed E-state index contributed by atoms with van der Waals surface area (Å²) < 4.78 is 5.31. The van der Waals surface area contributed by atoms with Crippen LogP contribution < -0.4 is 4.74 Å². The van der Waals surface area contributed by atoms with E-state index < -0.39 is 4.92 Å². The lowest BCUT2D eigenvalue weighted by Crippen LogP contribution is -1.95. The molecule has 86 valence electrons. The largest absolute Gasteiger partial charge is 0.434 e. The van der Waals surface area contributed by atoms with E-state index in [0.717, 1.165) is 0 Å². The van der Waals surface area contributed by atoms with E-state index in [-0.39, 0.29) is 11.6 Å². The summed E-state index contributed by atoms with van der Waals surface area (Å²) in [6.45, 7) is 0. The molecule has 2 aromatic rings. The van der Waals surface area contributed by atoms with Gasteiger partial charge in [-0.05, 0) is 24.3 Å². The van der Waals surface area contributed by atoms with Gasteiger partial charge in [-0.3, -0.25) is 10.1 Å². The highest BCUT2D eigenvalue weighted by atomic mass is 35.5. The molecule has 2 rings (SSSR count). The molecule has 0 bridgehead atoms. The zero-order valence-electron chi connectivity index (χ0n) is 8.54. The number of rotatable bonds is 3. The molecule has 0 aliphatic heterocycles. The van der Waals surface area contributed by atoms with Gasteiger partial charge >= 0.3 is 5.69 Å². The molecular formula is C11H7ClN2O3. The van der Waals surface area contributed by atoms with E-state index in [9.17, 15) is 10.1 Å². The minimum atomic E-state index is -0.549. The summed E-state index contributed by atoms with van der Waals surface area (Å²) in [7, 11) is 0. The smallest absolute Gasteiger partial charge is 0.331 e. The van der Waals surface area contributed by atoms with Crippen molar-refractivity contribution in [2.75, 3.05) is 0 Å². The molecule has 0 saturated carbocycles. The lowest BCUT2D eigenvalue weighted by molar-refractivity contribution is -0.386. The molecule has 6 heteroatoms. The molecule has 0 atom stereocenters. The summed E-state index contributed by atoms with van der Waals surface area (Å²) in [5.41, 5.74) is -0.188. The van der Waals surface area contributed by atoms with Crippen molar-refractivity contribution in [3.63, 3.8) is 0 Å². The van der Waals surface area contributed by atoms with E-state index in [0.29, 0.717) is 10.8 Å². The summed E-state index contributed by atoms with van der Waals surface area (Å²) in [6, 6.07) is 9.37. The molecule has 0 spiro atoms. The van der Waals surface area contributed by atoms with Crippen LogP contribution in [-0.2, 0) is 0 Å². The summed E-state index contributed by atoms with van der Waals surface area (Å²) in [4.78, 5) is 14.0. The molecule has 0 fully saturated rings. The molecule has 0 unspecified atom stereocenters. The van der Waals surface area contributed by atoms with Crippen molar-refractivity contribution < 1.29 is 9.66 Å². The van der Waals surface area contributed by atoms with Crippen LogP contribution in [0.15, 0.2) is 42.6 Å². The normalized spacial score (nSPS) is 9.94. The minimum Gasteiger partial charge on any atom is -0.434 e. The van der Waals surface area contributed by atoms with Crippen LogP contribution in [0.1, 0.15) is 0 Å². The van der Waals surface area contributed by atoms with Gasteiger partial charge < -0.3 is 4.74 Å². The molecule has 0 amide bonds. The van der Waals surface area contributed by atoms with Crippen LogP contribution in [0, 0.1) is 10.1 Å². The summed E-state index contributed by atoms with van der Waals surface area (Å²) >= 11 is 5.78. The number of ether oxygens (including phenoxy) is 1. The maximum Gasteiger partial charge on any atom is 0.331 e. The van der Waals surface area contributed by atoms with Gasteiger partial charge in [0.15, 0.2) is 0 Å². The van der Waals surface area contributed by atoms with Gasteiger partial charge in [0.25, 0.3) is 5.88 Å². The van der Waals surface area contributed by atoms with Gasteiger partial charge in [-0.25, -0.2) is 4.98 Å². The van der Waals surface area contributed by atoms with E-state index in [1.54, 1.807) is 24.3 Å². The number of aromatic nitrogens is 1. The van der Waals surface area contributed by atoms with Gasteiger partial charge in [-0.2, -0.15) is 0 Å². The number of hydrogen-bond donors (Lipinski definition) is 0. The first-order valence-corrected chi connectivity index (χ1v) is 5.07. The van der Waals surface area contributed by atoms with Crippen LogP contribution in [0.4, 0.5) is 5.69 Å². The summed E-state index contributed by atoms with van der Waals surface area (Å²) in [6.07, 6.45) is 1.42. The first kappa shape index (κ1) is 11.3. The molecule has 17 heavy (non-hydrogen) atoms. The average molecular weight is 251 g/mol. The molecule has 0 saturated heterocycles. The van der Waals surface area contributed by atoms with Gasteiger partial charge in [0.1, 0.15) is 5.75 Å². The molecular weight excluding hydrogens is 244 g/mol. The van der Waals surface area contributed by atoms with Gasteiger partial charge in [0.2, 0.25) is 0 Å². The molecule has 1 aromatic carbocycles. The molecule has 1 heterocycles. The number of hydrogen-bond acceptors (Lipinski definition) is 4. The third-order valence-electron chi connectivity index (χ3n) is 1.96. The van der Waals surface area contributed by atoms with Crippen LogP contribution >= 0.6 is 11.6 Å². The number of nitrogens with zero attached hydrogens (tertiary/aromatic N) is 2. The van der Waals surface area contributed by atoms with Crippen LogP contribution in [-0.4, -0.2) is 9.91 Å². The Kier molecular flexibility index (Phi) is 3.20. The quantitative estimate of drug-likeness (QED) is 0.618. The fourth-order valence-electron chi connectivity index (χ4n) is 1.24. The van der Waals surface area contributed by atoms with E-state index in [2.05, 4.69) is 4.98 Å². The number of pyridine rings is 1. The number of nitro groups is 1. The lowest BCUT2D eigenvalue weighted by atomic mass is 10.3. The van der Waals surface area contributed by atoms with Crippen molar-refractivity contribution in [3.05, 3.63) is 57.7 Å². The highest BCUT2D eigenvalue weighted by molar-refractivity contribution is 6.30. The maximum absolute atomic E-state index is 10.7. The first-order valence-electron chi connectivity index (χ1n) is 4.69. The fraction of sp³-hybridized carbons (Fsp3) is 0. The van der Waals surface area contributed by atoms with Crippen LogP contribution in [0.3, 0.4) is 0 Å². The van der Waals surface area contributed by atoms with Crippen molar-refractivity contribution in [2.24, 2.45) is 0 Å². The molecule has 5 nitrogen and oxygen atoms in total. The molecule has 0 N–H and O–H groups in total. The number of benzene rings is 1. The minimum absolute atomic E-state index is 0.0558. The SMILES string of the molecule is O=[N+]([O-])c1cccnc1Oc1cccc(Cl)c1. The van der Waals surface area contributed by atoms with Gasteiger partial charge in [-0.15, -0.1) is 0 Å². The Labute approximate surface area is 102 Å². The third-order valence-corrected chi connectivity index (χ3v) is 2.19. The lowest BCUT2D eigenvalue weighted by Gasteiger charge is -2.04. The van der Waals surface area contributed by atoms with Crippen molar-refractivity contribution >= 4 is 17.3 Å². The monoisotopic (exact) mass is 250 g/mol. The number of halogens is 1. The Morgan fingerprint density at radius 3 is 2.82 bits per heavy atom. The highest BCUT2D eigenvalue weighted by Crippen LogP contribution is 2.29. The molecule has 1 aromatic heterocycles. The first-order chi connectivity index (χ1) is 8.16. The van der Waals surface area contributed by atoms with E-state index in [1.807, 2.05) is 0 Å². The predicted molar refractivity (Wildman–Crippen MR) is 62.4 cm³/mol. The Bertz CT molecular complexity index is 560. The second-order valence-corrected chi connectivity index (χ2v) is 3.58. The Balaban J connectivity index is 2.33. The van der Waals surface area contributed by atoms with Crippen molar-refractivity contribution in [2.45, 2.75) is 0 Å². The standard InChI is InChI=1S/C11H7ClN2O3/c12-8-3-1-4-9(7-8)17-11-10(14(15)16)5-2-6-13-11/h1-7H. The van der Waals surface area contributed by atoms with E-state index >= 15 is 0 Å². The van der Waals surface area contributed by atoms with Crippen molar-refractivity contribution in [1.82, 2.24) is 4.98 Å². The second-order valence-electron chi connectivity index (χ2n) is 3.14. The molecule has 0 aliphatic carbocycles. The Hall–Kier alpha value is -2.14.